The van der Waals surface area contributed by atoms with Gasteiger partial charge in [0.15, 0.2) is 0 Å². The maximum Gasteiger partial charge on any atom is 0.141 e. The molecule has 0 atom stereocenters. The molecular weight excluding hydrogens is 570 g/mol. The van der Waals surface area contributed by atoms with Gasteiger partial charge in [-0.15, -0.1) is 0 Å². The standard InChI is InChI=1S/C40H31Cl2F/c1-24-12-14-28(15-13-24)36-27(4)37(29-16-19-32(41)20-17-29)39(31-18-21-35(43)34(42)23-31)40(33-11-6-5-9-26(33)3)38(36)30-10-7-8-25(2)22-30/h5-23H,1-4H3. The van der Waals surface area contributed by atoms with Crippen molar-refractivity contribution in [3.05, 3.63) is 153 Å². The molecule has 0 bridgehead atoms. The number of hydrogen-bond donors (Lipinski definition) is 0. The molecule has 0 saturated heterocycles. The van der Waals surface area contributed by atoms with Crippen molar-refractivity contribution in [1.82, 2.24) is 0 Å². The quantitative estimate of drug-likeness (QED) is 0.184. The normalized spacial score (nSPS) is 11.1. The molecule has 3 heteroatoms. The summed E-state index contributed by atoms with van der Waals surface area (Å²) in [5, 5.41) is 0.759. The van der Waals surface area contributed by atoms with Crippen LogP contribution in [0, 0.1) is 33.5 Å². The fourth-order valence-electron chi connectivity index (χ4n) is 6.09. The smallest absolute Gasteiger partial charge is 0.141 e. The molecule has 0 amide bonds. The van der Waals surface area contributed by atoms with Gasteiger partial charge in [-0.3, -0.25) is 0 Å². The second-order valence-electron chi connectivity index (χ2n) is 11.2. The first kappa shape index (κ1) is 28.9. The van der Waals surface area contributed by atoms with Crippen LogP contribution in [0.4, 0.5) is 4.39 Å². The van der Waals surface area contributed by atoms with Crippen molar-refractivity contribution in [2.45, 2.75) is 27.7 Å². The molecule has 0 N–H and O–H groups in total. The molecule has 212 valence electrons. The van der Waals surface area contributed by atoms with Crippen molar-refractivity contribution < 1.29 is 4.39 Å². The highest BCUT2D eigenvalue weighted by Gasteiger charge is 2.27. The third-order valence-corrected chi connectivity index (χ3v) is 8.69. The molecular formula is C40H31Cl2F. The minimum atomic E-state index is -0.442. The zero-order valence-corrected chi connectivity index (χ0v) is 26.1. The van der Waals surface area contributed by atoms with Crippen molar-refractivity contribution in [3.8, 4) is 55.6 Å². The number of hydrogen-bond acceptors (Lipinski definition) is 0. The number of benzene rings is 6. The van der Waals surface area contributed by atoms with Gasteiger partial charge < -0.3 is 0 Å². The lowest BCUT2D eigenvalue weighted by atomic mass is 9.75. The molecule has 6 aromatic rings. The minimum Gasteiger partial charge on any atom is -0.205 e. The monoisotopic (exact) mass is 600 g/mol. The van der Waals surface area contributed by atoms with Crippen molar-refractivity contribution in [2.24, 2.45) is 0 Å². The topological polar surface area (TPSA) is 0 Å². The summed E-state index contributed by atoms with van der Waals surface area (Å²) in [7, 11) is 0. The molecule has 0 unspecified atom stereocenters. The molecule has 6 rings (SSSR count). The first-order chi connectivity index (χ1) is 20.7. The average Bonchev–Trinajstić information content (AvgIpc) is 2.99. The Labute approximate surface area is 263 Å². The van der Waals surface area contributed by atoms with Gasteiger partial charge in [0, 0.05) is 5.02 Å². The Morgan fingerprint density at radius 2 is 1.05 bits per heavy atom. The van der Waals surface area contributed by atoms with Gasteiger partial charge in [-0.1, -0.05) is 125 Å². The predicted molar refractivity (Wildman–Crippen MR) is 183 cm³/mol. The molecule has 0 spiro atoms. The highest BCUT2D eigenvalue weighted by molar-refractivity contribution is 6.31. The summed E-state index contributed by atoms with van der Waals surface area (Å²) in [4.78, 5) is 0. The van der Waals surface area contributed by atoms with E-state index >= 15 is 0 Å². The lowest BCUT2D eigenvalue weighted by molar-refractivity contribution is 0.628. The molecule has 0 radical (unpaired) electrons. The number of aryl methyl sites for hydroxylation is 3. The van der Waals surface area contributed by atoms with Crippen LogP contribution in [0.15, 0.2) is 115 Å². The fourth-order valence-corrected chi connectivity index (χ4v) is 6.39. The Morgan fingerprint density at radius 3 is 1.65 bits per heavy atom. The Balaban J connectivity index is 1.92. The second kappa shape index (κ2) is 11.8. The van der Waals surface area contributed by atoms with Gasteiger partial charge in [0.25, 0.3) is 0 Å². The molecule has 0 nitrogen and oxygen atoms in total. The van der Waals surface area contributed by atoms with Crippen LogP contribution >= 0.6 is 23.2 Å². The predicted octanol–water partition coefficient (Wildman–Crippen LogP) is 12.7. The van der Waals surface area contributed by atoms with E-state index < -0.39 is 5.82 Å². The second-order valence-corrected chi connectivity index (χ2v) is 12.0. The number of rotatable bonds is 5. The Bertz CT molecular complexity index is 1970. The Hall–Kier alpha value is -4.17. The van der Waals surface area contributed by atoms with E-state index in [0.29, 0.717) is 5.02 Å². The van der Waals surface area contributed by atoms with Crippen molar-refractivity contribution in [2.75, 3.05) is 0 Å². The summed E-state index contributed by atoms with van der Waals surface area (Å²) in [6, 6.07) is 38.9. The summed E-state index contributed by atoms with van der Waals surface area (Å²) in [5.41, 5.74) is 15.3. The maximum absolute atomic E-state index is 14.6. The summed E-state index contributed by atoms with van der Waals surface area (Å²) in [6.45, 7) is 8.56. The minimum absolute atomic E-state index is 0.0904. The highest BCUT2D eigenvalue weighted by Crippen LogP contribution is 2.53. The van der Waals surface area contributed by atoms with Crippen LogP contribution in [0.3, 0.4) is 0 Å². The van der Waals surface area contributed by atoms with Crippen LogP contribution < -0.4 is 0 Å². The molecule has 43 heavy (non-hydrogen) atoms. The van der Waals surface area contributed by atoms with E-state index in [9.17, 15) is 4.39 Å². The van der Waals surface area contributed by atoms with Gasteiger partial charge in [-0.25, -0.2) is 4.39 Å². The largest absolute Gasteiger partial charge is 0.205 e. The maximum atomic E-state index is 14.6. The van der Waals surface area contributed by atoms with Crippen molar-refractivity contribution in [1.29, 1.82) is 0 Å². The molecule has 0 aliphatic heterocycles. The van der Waals surface area contributed by atoms with Crippen LogP contribution in [0.25, 0.3) is 55.6 Å². The van der Waals surface area contributed by atoms with E-state index in [1.807, 2.05) is 18.2 Å². The average molecular weight is 602 g/mol. The lowest BCUT2D eigenvalue weighted by Gasteiger charge is -2.28. The number of halogens is 3. The fraction of sp³-hybridized carbons (Fsp3) is 0.100. The van der Waals surface area contributed by atoms with Crippen LogP contribution in [-0.4, -0.2) is 0 Å². The summed E-state index contributed by atoms with van der Waals surface area (Å²) in [6.07, 6.45) is 0. The Morgan fingerprint density at radius 1 is 0.465 bits per heavy atom. The van der Waals surface area contributed by atoms with E-state index in [2.05, 4.69) is 113 Å². The van der Waals surface area contributed by atoms with E-state index in [4.69, 9.17) is 23.2 Å². The van der Waals surface area contributed by atoms with Gasteiger partial charge in [0.05, 0.1) is 5.02 Å². The first-order valence-corrected chi connectivity index (χ1v) is 15.1. The Kier molecular flexibility index (Phi) is 7.97. The molecule has 0 heterocycles. The zero-order valence-electron chi connectivity index (χ0n) is 24.6. The first-order valence-electron chi connectivity index (χ1n) is 14.3. The van der Waals surface area contributed by atoms with Crippen molar-refractivity contribution >= 4 is 23.2 Å². The molecule has 0 aromatic heterocycles. The molecule has 0 saturated carbocycles. The third kappa shape index (κ3) is 5.52. The molecule has 0 fully saturated rings. The molecule has 0 aliphatic carbocycles. The summed E-state index contributed by atoms with van der Waals surface area (Å²) >= 11 is 12.9. The van der Waals surface area contributed by atoms with Crippen molar-refractivity contribution in [3.63, 3.8) is 0 Å². The summed E-state index contributed by atoms with van der Waals surface area (Å²) in [5.74, 6) is -0.442. The van der Waals surface area contributed by atoms with Gasteiger partial charge in [-0.05, 0) is 119 Å². The SMILES string of the molecule is Cc1ccc(-c2c(C)c(-c3ccc(Cl)cc3)c(-c3ccc(F)c(Cl)c3)c(-c3ccccc3C)c2-c2cccc(C)c2)cc1. The van der Waals surface area contributed by atoms with Crippen LogP contribution in [-0.2, 0) is 0 Å². The van der Waals surface area contributed by atoms with E-state index in [0.717, 1.165) is 66.8 Å². The van der Waals surface area contributed by atoms with Gasteiger partial charge in [0.1, 0.15) is 5.82 Å². The third-order valence-electron chi connectivity index (χ3n) is 8.15. The van der Waals surface area contributed by atoms with Gasteiger partial charge in [-0.2, -0.15) is 0 Å². The molecule has 0 aliphatic rings. The van der Waals surface area contributed by atoms with Gasteiger partial charge >= 0.3 is 0 Å². The molecule has 6 aromatic carbocycles. The lowest BCUT2D eigenvalue weighted by Crippen LogP contribution is -2.02. The summed E-state index contributed by atoms with van der Waals surface area (Å²) < 4.78 is 14.6. The van der Waals surface area contributed by atoms with Crippen LogP contribution in [0.5, 0.6) is 0 Å². The van der Waals surface area contributed by atoms with Crippen LogP contribution in [0.1, 0.15) is 22.3 Å². The zero-order chi connectivity index (χ0) is 30.2. The highest BCUT2D eigenvalue weighted by atomic mass is 35.5. The van der Waals surface area contributed by atoms with E-state index in [1.165, 1.54) is 17.2 Å². The van der Waals surface area contributed by atoms with E-state index in [-0.39, 0.29) is 5.02 Å². The van der Waals surface area contributed by atoms with E-state index in [1.54, 1.807) is 6.07 Å². The van der Waals surface area contributed by atoms with Gasteiger partial charge in [0.2, 0.25) is 0 Å². The van der Waals surface area contributed by atoms with Crippen LogP contribution in [0.2, 0.25) is 10.0 Å².